The van der Waals surface area contributed by atoms with E-state index in [0.717, 1.165) is 5.56 Å². The molecule has 0 aromatic heterocycles. The lowest BCUT2D eigenvalue weighted by molar-refractivity contribution is -0.143. The van der Waals surface area contributed by atoms with Gasteiger partial charge < -0.3 is 15.5 Å². The van der Waals surface area contributed by atoms with E-state index in [4.69, 9.17) is 0 Å². The van der Waals surface area contributed by atoms with Gasteiger partial charge in [-0.3, -0.25) is 24.6 Å². The summed E-state index contributed by atoms with van der Waals surface area (Å²) in [5.74, 6) is -4.56. The molecule has 4 atom stereocenters. The average Bonchev–Trinajstić information content (AvgIpc) is 3.43. The molecule has 8 nitrogen and oxygen atoms in total. The second kappa shape index (κ2) is 7.89. The second-order valence-electron chi connectivity index (χ2n) is 9.48. The van der Waals surface area contributed by atoms with Crippen LogP contribution >= 0.6 is 0 Å². The lowest BCUT2D eigenvalue weighted by Crippen LogP contribution is -2.53. The zero-order valence-corrected chi connectivity index (χ0v) is 18.9. The molecule has 182 valence electrons. The predicted octanol–water partition coefficient (Wildman–Crippen LogP) is 2.40. The maximum Gasteiger partial charge on any atom is 0.250 e. The summed E-state index contributed by atoms with van der Waals surface area (Å²) in [6.45, 7) is 0.0614. The molecule has 4 unspecified atom stereocenters. The highest BCUT2D eigenvalue weighted by Crippen LogP contribution is 2.53. The SMILES string of the molecule is O=C1C2C(Cc3ccc(O)c(O)c3)NC3(C(=O)Nc4ccc(F)cc43)C2C(=O)N1Cc1ccccc1. The van der Waals surface area contributed by atoms with Crippen LogP contribution < -0.4 is 10.6 Å². The third kappa shape index (κ3) is 3.12. The van der Waals surface area contributed by atoms with E-state index in [1.807, 2.05) is 30.3 Å². The first-order valence-corrected chi connectivity index (χ1v) is 11.6. The van der Waals surface area contributed by atoms with E-state index in [-0.39, 0.29) is 24.5 Å². The largest absolute Gasteiger partial charge is 0.504 e. The van der Waals surface area contributed by atoms with Crippen LogP contribution in [-0.4, -0.2) is 38.9 Å². The van der Waals surface area contributed by atoms with Crippen molar-refractivity contribution < 1.29 is 29.0 Å². The molecule has 2 saturated heterocycles. The summed E-state index contributed by atoms with van der Waals surface area (Å²) in [5, 5.41) is 25.6. The number of rotatable bonds is 4. The van der Waals surface area contributed by atoms with E-state index >= 15 is 0 Å². The number of amides is 3. The van der Waals surface area contributed by atoms with Crippen LogP contribution in [0.25, 0.3) is 0 Å². The molecule has 0 aliphatic carbocycles. The van der Waals surface area contributed by atoms with Gasteiger partial charge in [0, 0.05) is 17.3 Å². The first-order valence-electron chi connectivity index (χ1n) is 11.6. The Morgan fingerprint density at radius 3 is 2.42 bits per heavy atom. The first-order chi connectivity index (χ1) is 17.3. The van der Waals surface area contributed by atoms with E-state index in [2.05, 4.69) is 10.6 Å². The number of imide groups is 1. The molecule has 0 saturated carbocycles. The summed E-state index contributed by atoms with van der Waals surface area (Å²) in [6, 6.07) is 16.6. The fourth-order valence-electron chi connectivity index (χ4n) is 5.88. The molecule has 6 rings (SSSR count). The highest BCUT2D eigenvalue weighted by molar-refractivity contribution is 6.15. The van der Waals surface area contributed by atoms with Gasteiger partial charge in [0.1, 0.15) is 11.4 Å². The van der Waals surface area contributed by atoms with Crippen molar-refractivity contribution in [2.75, 3.05) is 5.32 Å². The number of nitrogens with one attached hydrogen (secondary N) is 2. The topological polar surface area (TPSA) is 119 Å². The number of likely N-dealkylation sites (tertiary alicyclic amines) is 1. The second-order valence-corrected chi connectivity index (χ2v) is 9.48. The van der Waals surface area contributed by atoms with Crippen molar-refractivity contribution in [2.24, 2.45) is 11.8 Å². The molecular formula is C27H22FN3O5. The number of nitrogens with zero attached hydrogens (tertiary/aromatic N) is 1. The van der Waals surface area contributed by atoms with Crippen LogP contribution in [0.5, 0.6) is 11.5 Å². The van der Waals surface area contributed by atoms with Crippen LogP contribution in [0.4, 0.5) is 10.1 Å². The number of phenols is 2. The number of benzene rings is 3. The van der Waals surface area contributed by atoms with Gasteiger partial charge in [-0.2, -0.15) is 0 Å². The quantitative estimate of drug-likeness (QED) is 0.332. The lowest BCUT2D eigenvalue weighted by Gasteiger charge is -2.29. The van der Waals surface area contributed by atoms with Crippen molar-refractivity contribution in [1.82, 2.24) is 10.2 Å². The summed E-state index contributed by atoms with van der Waals surface area (Å²) in [4.78, 5) is 42.2. The van der Waals surface area contributed by atoms with Crippen molar-refractivity contribution in [3.05, 3.63) is 89.2 Å². The molecule has 3 heterocycles. The van der Waals surface area contributed by atoms with Gasteiger partial charge in [0.15, 0.2) is 11.5 Å². The van der Waals surface area contributed by atoms with Crippen molar-refractivity contribution in [3.8, 4) is 11.5 Å². The van der Waals surface area contributed by atoms with Crippen LogP contribution in [-0.2, 0) is 32.9 Å². The number of fused-ring (bicyclic) bond motifs is 4. The number of halogens is 1. The lowest BCUT2D eigenvalue weighted by atomic mass is 9.76. The monoisotopic (exact) mass is 487 g/mol. The minimum atomic E-state index is -1.62. The Labute approximate surface area is 205 Å². The Balaban J connectivity index is 1.45. The van der Waals surface area contributed by atoms with Crippen LogP contribution in [0.2, 0.25) is 0 Å². The molecule has 0 radical (unpaired) electrons. The number of hydrogen-bond acceptors (Lipinski definition) is 6. The molecule has 4 N–H and O–H groups in total. The van der Waals surface area contributed by atoms with Crippen molar-refractivity contribution in [2.45, 2.75) is 24.5 Å². The molecule has 3 amide bonds. The van der Waals surface area contributed by atoms with Gasteiger partial charge in [-0.1, -0.05) is 36.4 Å². The van der Waals surface area contributed by atoms with Crippen molar-refractivity contribution >= 4 is 23.4 Å². The molecule has 3 aromatic carbocycles. The number of carbonyl (C=O) groups excluding carboxylic acids is 3. The van der Waals surface area contributed by atoms with Crippen LogP contribution in [0.1, 0.15) is 16.7 Å². The van der Waals surface area contributed by atoms with Gasteiger partial charge in [0.25, 0.3) is 0 Å². The van der Waals surface area contributed by atoms with E-state index < -0.39 is 47.0 Å². The van der Waals surface area contributed by atoms with Crippen LogP contribution in [0.15, 0.2) is 66.7 Å². The summed E-state index contributed by atoms with van der Waals surface area (Å²) in [6.07, 6.45) is 0.187. The number of aromatic hydroxyl groups is 2. The normalized spacial score (nSPS) is 26.4. The summed E-state index contributed by atoms with van der Waals surface area (Å²) in [5.41, 5.74) is 0.421. The Hall–Kier alpha value is -4.24. The number of anilines is 1. The molecule has 0 bridgehead atoms. The Kier molecular flexibility index (Phi) is 4.87. The zero-order valence-electron chi connectivity index (χ0n) is 18.9. The molecule has 36 heavy (non-hydrogen) atoms. The molecule has 3 aromatic rings. The number of phenolic OH excluding ortho intramolecular Hbond substituents is 2. The minimum Gasteiger partial charge on any atom is -0.504 e. The molecule has 1 spiro atoms. The summed E-state index contributed by atoms with van der Waals surface area (Å²) < 4.78 is 14.4. The average molecular weight is 487 g/mol. The van der Waals surface area contributed by atoms with E-state index in [1.54, 1.807) is 6.07 Å². The fourth-order valence-corrected chi connectivity index (χ4v) is 5.88. The maximum absolute atomic E-state index is 14.4. The smallest absolute Gasteiger partial charge is 0.250 e. The maximum atomic E-state index is 14.4. The molecule has 3 aliphatic heterocycles. The van der Waals surface area contributed by atoms with Crippen molar-refractivity contribution in [3.63, 3.8) is 0 Å². The third-order valence-electron chi connectivity index (χ3n) is 7.45. The summed E-state index contributed by atoms with van der Waals surface area (Å²) >= 11 is 0. The Morgan fingerprint density at radius 1 is 0.889 bits per heavy atom. The van der Waals surface area contributed by atoms with Crippen LogP contribution in [0, 0.1) is 17.7 Å². The number of carbonyl (C=O) groups is 3. The highest BCUT2D eigenvalue weighted by atomic mass is 19.1. The minimum absolute atomic E-state index is 0.0614. The Morgan fingerprint density at radius 2 is 1.67 bits per heavy atom. The zero-order chi connectivity index (χ0) is 25.2. The highest BCUT2D eigenvalue weighted by Gasteiger charge is 2.70. The van der Waals surface area contributed by atoms with Gasteiger partial charge in [0.2, 0.25) is 17.7 Å². The van der Waals surface area contributed by atoms with Gasteiger partial charge in [0.05, 0.1) is 18.4 Å². The van der Waals surface area contributed by atoms with Gasteiger partial charge in [-0.15, -0.1) is 0 Å². The van der Waals surface area contributed by atoms with Crippen LogP contribution in [0.3, 0.4) is 0 Å². The Bertz CT molecular complexity index is 1430. The van der Waals surface area contributed by atoms with E-state index in [0.29, 0.717) is 16.8 Å². The van der Waals surface area contributed by atoms with E-state index in [9.17, 15) is 29.0 Å². The third-order valence-corrected chi connectivity index (χ3v) is 7.45. The predicted molar refractivity (Wildman–Crippen MR) is 126 cm³/mol. The molecular weight excluding hydrogens is 465 g/mol. The standard InChI is InChI=1S/C27H22FN3O5/c28-16-7-8-18-17(12-16)27(26(36)29-18)23-22(19(30-27)10-15-6-9-20(32)21(33)11-15)24(34)31(25(23)35)13-14-4-2-1-3-5-14/h1-9,11-12,19,22-23,30,32-33H,10,13H2,(H,29,36). The van der Waals surface area contributed by atoms with Gasteiger partial charge in [-0.25, -0.2) is 4.39 Å². The summed E-state index contributed by atoms with van der Waals surface area (Å²) in [7, 11) is 0. The molecule has 2 fully saturated rings. The first kappa shape index (κ1) is 22.2. The molecule has 3 aliphatic rings. The molecule has 9 heteroatoms. The fraction of sp³-hybridized carbons (Fsp3) is 0.222. The van der Waals surface area contributed by atoms with Gasteiger partial charge in [-0.05, 0) is 47.9 Å². The van der Waals surface area contributed by atoms with Crippen molar-refractivity contribution in [1.29, 1.82) is 0 Å². The van der Waals surface area contributed by atoms with Gasteiger partial charge >= 0.3 is 0 Å². The van der Waals surface area contributed by atoms with E-state index in [1.165, 1.54) is 35.2 Å². The number of hydrogen-bond donors (Lipinski definition) is 4.